The summed E-state index contributed by atoms with van der Waals surface area (Å²) in [5.41, 5.74) is 0. The Labute approximate surface area is 369 Å². The number of Topliss-reactive ketones (excluding diaryl/α,β-unsaturated/α-hetero) is 1. The third-order valence-electron chi connectivity index (χ3n) is 11.0. The Morgan fingerprint density at radius 1 is 0.758 bits per heavy atom. The van der Waals surface area contributed by atoms with E-state index in [0.29, 0.717) is 25.5 Å². The molecule has 0 bridgehead atoms. The molecule has 8 N–H and O–H groups in total. The SMILES string of the molecule is CCCC(NC(=O)[C@@H]1CC2(CN1C(=O)C(NC(=O)C(NC(=O)C(CCC(=O)O)NC(=O)C(CCC(=O)O)NC(C)=O)C(C)C)C1CCCCC1)SCCS2)C(=O)C(=O)NCC=O. The summed E-state index contributed by atoms with van der Waals surface area (Å²) in [6, 6.07) is -7.61. The lowest BCUT2D eigenvalue weighted by Crippen LogP contribution is -2.62. The number of carbonyl (C=O) groups is 11. The quantitative estimate of drug-likeness (QED) is 0.0462. The molecule has 3 rings (SSSR count). The normalized spacial score (nSPS) is 19.6. The van der Waals surface area contributed by atoms with E-state index in [9.17, 15) is 57.8 Å². The first-order valence-corrected chi connectivity index (χ1v) is 23.1. The number of carbonyl (C=O) groups excluding carboxylic acids is 9. The van der Waals surface area contributed by atoms with Gasteiger partial charge in [0.05, 0.1) is 16.7 Å². The molecule has 2 aliphatic heterocycles. The van der Waals surface area contributed by atoms with Gasteiger partial charge in [-0.15, -0.1) is 23.5 Å². The van der Waals surface area contributed by atoms with Crippen molar-refractivity contribution in [3.63, 3.8) is 0 Å². The second kappa shape index (κ2) is 24.8. The van der Waals surface area contributed by atoms with Crippen LogP contribution in [0.4, 0.5) is 0 Å². The number of ketones is 1. The zero-order valence-corrected chi connectivity index (χ0v) is 37.3. The van der Waals surface area contributed by atoms with E-state index in [2.05, 4.69) is 31.9 Å². The molecular weight excluding hydrogens is 851 g/mol. The Bertz CT molecular complexity index is 1690. The van der Waals surface area contributed by atoms with E-state index in [1.165, 1.54) is 4.90 Å². The topological polar surface area (TPSA) is 304 Å². The smallest absolute Gasteiger partial charge is 0.303 e. The molecule has 1 spiro atoms. The summed E-state index contributed by atoms with van der Waals surface area (Å²) in [5, 5.41) is 33.7. The van der Waals surface area contributed by atoms with Crippen LogP contribution < -0.4 is 31.9 Å². The van der Waals surface area contributed by atoms with Gasteiger partial charge >= 0.3 is 11.9 Å². The third kappa shape index (κ3) is 15.3. The van der Waals surface area contributed by atoms with Crippen LogP contribution >= 0.6 is 23.5 Å². The van der Waals surface area contributed by atoms with E-state index in [4.69, 9.17) is 5.11 Å². The lowest BCUT2D eigenvalue weighted by atomic mass is 9.83. The zero-order valence-electron chi connectivity index (χ0n) is 35.7. The molecule has 7 amide bonds. The van der Waals surface area contributed by atoms with Crippen LogP contribution in [0.25, 0.3) is 0 Å². The number of hydrogen-bond donors (Lipinski definition) is 8. The molecule has 6 atom stereocenters. The van der Waals surface area contributed by atoms with Crippen LogP contribution in [0.2, 0.25) is 0 Å². The number of hydrogen-bond acceptors (Lipinski definition) is 13. The van der Waals surface area contributed by atoms with Gasteiger partial charge < -0.3 is 51.8 Å². The zero-order chi connectivity index (χ0) is 46.1. The van der Waals surface area contributed by atoms with Gasteiger partial charge in [-0.1, -0.05) is 46.5 Å². The van der Waals surface area contributed by atoms with E-state index < -0.39 is 125 Å². The predicted molar refractivity (Wildman–Crippen MR) is 227 cm³/mol. The summed E-state index contributed by atoms with van der Waals surface area (Å²) in [5.74, 6) is -8.30. The van der Waals surface area contributed by atoms with Gasteiger partial charge in [-0.3, -0.25) is 47.9 Å². The second-order valence-electron chi connectivity index (χ2n) is 16.2. The Hall–Kier alpha value is -4.73. The molecule has 2 heterocycles. The molecule has 1 aliphatic carbocycles. The maximum atomic E-state index is 14.9. The summed E-state index contributed by atoms with van der Waals surface area (Å²) in [6.45, 7) is 5.94. The van der Waals surface area contributed by atoms with Crippen molar-refractivity contribution in [1.82, 2.24) is 36.8 Å². The van der Waals surface area contributed by atoms with E-state index in [1.807, 2.05) is 0 Å². The van der Waals surface area contributed by atoms with E-state index >= 15 is 0 Å². The summed E-state index contributed by atoms with van der Waals surface area (Å²) in [7, 11) is 0. The highest BCUT2D eigenvalue weighted by atomic mass is 32.2. The first-order valence-electron chi connectivity index (χ1n) is 21.1. The molecule has 0 radical (unpaired) electrons. The Balaban J connectivity index is 1.92. The molecule has 3 aliphatic rings. The molecule has 346 valence electrons. The van der Waals surface area contributed by atoms with Gasteiger partial charge in [0.1, 0.15) is 36.5 Å². The number of nitrogens with zero attached hydrogens (tertiary/aromatic N) is 1. The highest BCUT2D eigenvalue weighted by molar-refractivity contribution is 8.21. The highest BCUT2D eigenvalue weighted by Gasteiger charge is 2.53. The predicted octanol–water partition coefficient (Wildman–Crippen LogP) is -0.142. The van der Waals surface area contributed by atoms with Crippen molar-refractivity contribution in [3.05, 3.63) is 0 Å². The number of aliphatic carboxylic acids is 2. The minimum Gasteiger partial charge on any atom is -0.481 e. The Morgan fingerprint density at radius 3 is 1.87 bits per heavy atom. The van der Waals surface area contributed by atoms with Crippen molar-refractivity contribution >= 4 is 88.9 Å². The number of rotatable bonds is 24. The summed E-state index contributed by atoms with van der Waals surface area (Å²) in [4.78, 5) is 143. The molecule has 2 saturated heterocycles. The van der Waals surface area contributed by atoms with Gasteiger partial charge in [-0.2, -0.15) is 0 Å². The average Bonchev–Trinajstić information content (AvgIpc) is 3.86. The van der Waals surface area contributed by atoms with Crippen LogP contribution in [-0.2, 0) is 52.7 Å². The highest BCUT2D eigenvalue weighted by Crippen LogP contribution is 2.52. The van der Waals surface area contributed by atoms with Crippen LogP contribution in [0.5, 0.6) is 0 Å². The molecule has 0 aromatic carbocycles. The van der Waals surface area contributed by atoms with Crippen molar-refractivity contribution in [2.24, 2.45) is 11.8 Å². The first kappa shape index (κ1) is 51.6. The monoisotopic (exact) mass is 911 g/mol. The lowest BCUT2D eigenvalue weighted by Gasteiger charge is -2.36. The Morgan fingerprint density at radius 2 is 1.34 bits per heavy atom. The van der Waals surface area contributed by atoms with Gasteiger partial charge in [0, 0.05) is 44.2 Å². The second-order valence-corrected chi connectivity index (χ2v) is 19.4. The van der Waals surface area contributed by atoms with Crippen LogP contribution in [0.3, 0.4) is 0 Å². The van der Waals surface area contributed by atoms with Crippen LogP contribution in [0.1, 0.15) is 105 Å². The molecule has 1 saturated carbocycles. The van der Waals surface area contributed by atoms with Gasteiger partial charge in [-0.25, -0.2) is 0 Å². The molecule has 20 nitrogen and oxygen atoms in total. The lowest BCUT2D eigenvalue weighted by molar-refractivity contribution is -0.145. The fraction of sp³-hybridized carbons (Fsp3) is 0.725. The Kier molecular flexibility index (Phi) is 20.6. The van der Waals surface area contributed by atoms with Gasteiger partial charge in [0.25, 0.3) is 5.91 Å². The molecule has 22 heteroatoms. The summed E-state index contributed by atoms with van der Waals surface area (Å²) >= 11 is 3.24. The van der Waals surface area contributed by atoms with Crippen molar-refractivity contribution in [3.8, 4) is 0 Å². The molecule has 3 fully saturated rings. The molecule has 5 unspecified atom stereocenters. The number of carboxylic acids is 2. The number of thioether (sulfide) groups is 2. The van der Waals surface area contributed by atoms with Crippen molar-refractivity contribution < 1.29 is 63.0 Å². The maximum Gasteiger partial charge on any atom is 0.303 e. The van der Waals surface area contributed by atoms with Gasteiger partial charge in [0.15, 0.2) is 0 Å². The number of aldehydes is 1. The standard InChI is InChI=1S/C40H61N7O13S2/c1-5-9-25(33(54)38(59)41-16-17-48)43-36(57)28-20-40(61-18-19-62-40)21-47(28)39(60)32(24-10-7-6-8-11-24)46-37(58)31(22(2)3)45-35(56)27(13-15-30(52)53)44-34(55)26(42-23(4)49)12-14-29(50)51/h17,22,24-28,31-32H,5-16,18-21H2,1-4H3,(H,41,59)(H,42,49)(H,43,57)(H,44,55)(H,45,56)(H,46,58)(H,50,51)(H,52,53)/t25?,26?,27?,28-,31?,32?/m0/s1. The van der Waals surface area contributed by atoms with E-state index in [1.54, 1.807) is 44.3 Å². The fourth-order valence-electron chi connectivity index (χ4n) is 7.87. The fourth-order valence-corrected chi connectivity index (χ4v) is 11.1. The van der Waals surface area contributed by atoms with E-state index in [0.717, 1.165) is 37.7 Å². The number of carboxylic acid groups (broad SMARTS) is 2. The van der Waals surface area contributed by atoms with Crippen molar-refractivity contribution in [2.45, 2.75) is 145 Å². The largest absolute Gasteiger partial charge is 0.481 e. The van der Waals surface area contributed by atoms with Crippen molar-refractivity contribution in [2.75, 3.05) is 24.6 Å². The molecule has 0 aromatic heterocycles. The minimum absolute atomic E-state index is 0.124. The first-order chi connectivity index (χ1) is 29.3. The van der Waals surface area contributed by atoms with Crippen LogP contribution in [0.15, 0.2) is 0 Å². The molecule has 62 heavy (non-hydrogen) atoms. The number of amides is 7. The molecule has 0 aromatic rings. The number of nitrogens with one attached hydrogen (secondary N) is 6. The van der Waals surface area contributed by atoms with E-state index in [-0.39, 0.29) is 38.3 Å². The third-order valence-corrected chi connectivity index (χ3v) is 14.4. The summed E-state index contributed by atoms with van der Waals surface area (Å²) in [6.07, 6.45) is 3.04. The van der Waals surface area contributed by atoms with Crippen molar-refractivity contribution in [1.29, 1.82) is 0 Å². The van der Waals surface area contributed by atoms with Gasteiger partial charge in [0.2, 0.25) is 41.2 Å². The molecular formula is C40H61N7O13S2. The minimum atomic E-state index is -1.52. The van der Waals surface area contributed by atoms with Gasteiger partial charge in [-0.05, 0) is 43.9 Å². The maximum absolute atomic E-state index is 14.9. The number of likely N-dealkylation sites (tertiary alicyclic amines) is 1. The summed E-state index contributed by atoms with van der Waals surface area (Å²) < 4.78 is -0.541. The average molecular weight is 912 g/mol. The van der Waals surface area contributed by atoms with Crippen LogP contribution in [-0.4, -0.2) is 145 Å². The van der Waals surface area contributed by atoms with Crippen LogP contribution in [0, 0.1) is 11.8 Å².